The van der Waals surface area contributed by atoms with Gasteiger partial charge in [0.15, 0.2) is 0 Å². The molecule has 118 valence electrons. The Hall–Kier alpha value is -0.860. The summed E-state index contributed by atoms with van der Waals surface area (Å²) in [4.78, 5) is 13.1. The van der Waals surface area contributed by atoms with E-state index < -0.39 is 30.2 Å². The predicted molar refractivity (Wildman–Crippen MR) is 68.1 cm³/mol. The number of hydrogen-bond acceptors (Lipinski definition) is 4. The van der Waals surface area contributed by atoms with E-state index in [4.69, 9.17) is 10.5 Å². The van der Waals surface area contributed by atoms with Crippen molar-refractivity contribution in [3.63, 3.8) is 0 Å². The number of amides is 1. The van der Waals surface area contributed by atoms with E-state index in [1.165, 1.54) is 6.92 Å². The van der Waals surface area contributed by atoms with E-state index in [0.29, 0.717) is 6.54 Å². The molecule has 5 nitrogen and oxygen atoms in total. The molecule has 1 aliphatic heterocycles. The lowest BCUT2D eigenvalue weighted by Gasteiger charge is -2.42. The molecule has 1 saturated heterocycles. The Bertz CT molecular complexity index is 324. The van der Waals surface area contributed by atoms with Crippen molar-refractivity contribution in [3.8, 4) is 0 Å². The highest BCUT2D eigenvalue weighted by Crippen LogP contribution is 2.29. The molecule has 3 atom stereocenters. The number of nitrogens with one attached hydrogen (secondary N) is 1. The first kappa shape index (κ1) is 17.2. The smallest absolute Gasteiger partial charge is 0.378 e. The van der Waals surface area contributed by atoms with Crippen LogP contribution in [0.5, 0.6) is 0 Å². The van der Waals surface area contributed by atoms with E-state index in [1.807, 2.05) is 6.92 Å². The Labute approximate surface area is 116 Å². The number of carbonyl (C=O) groups is 1. The van der Waals surface area contributed by atoms with E-state index in [9.17, 15) is 18.0 Å². The minimum Gasteiger partial charge on any atom is -0.378 e. The summed E-state index contributed by atoms with van der Waals surface area (Å²) in [5.74, 6) is -0.443. The highest BCUT2D eigenvalue weighted by Gasteiger charge is 2.49. The van der Waals surface area contributed by atoms with Crippen molar-refractivity contribution in [2.24, 2.45) is 5.73 Å². The molecule has 0 aromatic heterocycles. The maximum Gasteiger partial charge on any atom is 0.405 e. The van der Waals surface area contributed by atoms with Gasteiger partial charge in [-0.3, -0.25) is 9.69 Å². The highest BCUT2D eigenvalue weighted by molar-refractivity contribution is 5.82. The van der Waals surface area contributed by atoms with E-state index in [2.05, 4.69) is 5.32 Å². The first-order valence-corrected chi connectivity index (χ1v) is 6.72. The maximum atomic E-state index is 13.1. The molecule has 0 aromatic rings. The van der Waals surface area contributed by atoms with E-state index in [0.717, 1.165) is 11.3 Å². The number of ether oxygens (including phenoxy) is 1. The van der Waals surface area contributed by atoms with Crippen molar-refractivity contribution in [3.05, 3.63) is 0 Å². The largest absolute Gasteiger partial charge is 0.405 e. The average Bonchev–Trinajstić information content (AvgIpc) is 2.34. The van der Waals surface area contributed by atoms with Crippen molar-refractivity contribution >= 4 is 5.91 Å². The maximum absolute atomic E-state index is 13.1. The van der Waals surface area contributed by atoms with Crippen LogP contribution >= 0.6 is 0 Å². The number of nitrogens with two attached hydrogens (primary N) is 1. The molecule has 0 radical (unpaired) electrons. The van der Waals surface area contributed by atoms with Gasteiger partial charge in [0.2, 0.25) is 5.91 Å². The monoisotopic (exact) mass is 297 g/mol. The minimum absolute atomic E-state index is 0.0376. The average molecular weight is 297 g/mol. The van der Waals surface area contributed by atoms with Gasteiger partial charge in [-0.1, -0.05) is 6.92 Å². The second-order valence-corrected chi connectivity index (χ2v) is 4.97. The second kappa shape index (κ2) is 7.24. The fraction of sp³-hybridized carbons (Fsp3) is 0.917. The molecule has 1 amide bonds. The van der Waals surface area contributed by atoms with Gasteiger partial charge in [0.1, 0.15) is 12.1 Å². The van der Waals surface area contributed by atoms with E-state index >= 15 is 0 Å². The van der Waals surface area contributed by atoms with Gasteiger partial charge in [-0.25, -0.2) is 0 Å². The number of carbonyl (C=O) groups excluding carboxylic acids is 1. The molecular formula is C12H22F3N3O2. The Balaban J connectivity index is 2.88. The van der Waals surface area contributed by atoms with Gasteiger partial charge in [0, 0.05) is 19.1 Å². The lowest BCUT2D eigenvalue weighted by Crippen LogP contribution is -2.64. The summed E-state index contributed by atoms with van der Waals surface area (Å²) in [6.45, 7) is 3.75. The van der Waals surface area contributed by atoms with Crippen LogP contribution in [0, 0.1) is 0 Å². The third-order valence-corrected chi connectivity index (χ3v) is 3.21. The van der Waals surface area contributed by atoms with Crippen molar-refractivity contribution in [2.75, 3.05) is 26.3 Å². The summed E-state index contributed by atoms with van der Waals surface area (Å²) in [6, 6.07) is -3.91. The van der Waals surface area contributed by atoms with E-state index in [1.54, 1.807) is 0 Å². The standard InChI is InChI=1S/C12H22F3N3O2/c1-3-4-17-11(19)9-7-20-6-5-18(9)10(8(2)16)12(13,14)15/h8-10H,3-7,16H2,1-2H3,(H,17,19). The molecule has 0 saturated carbocycles. The van der Waals surface area contributed by atoms with E-state index in [-0.39, 0.29) is 19.8 Å². The summed E-state index contributed by atoms with van der Waals surface area (Å²) >= 11 is 0. The van der Waals surface area contributed by atoms with Crippen molar-refractivity contribution < 1.29 is 22.7 Å². The molecule has 1 heterocycles. The zero-order valence-corrected chi connectivity index (χ0v) is 11.7. The van der Waals surface area contributed by atoms with Gasteiger partial charge in [0.25, 0.3) is 0 Å². The Kier molecular flexibility index (Phi) is 6.22. The van der Waals surface area contributed by atoms with Crippen LogP contribution in [0.2, 0.25) is 0 Å². The second-order valence-electron chi connectivity index (χ2n) is 4.97. The molecule has 1 fully saturated rings. The number of halogens is 3. The third-order valence-electron chi connectivity index (χ3n) is 3.21. The minimum atomic E-state index is -4.48. The van der Waals surface area contributed by atoms with Crippen LogP contribution in [-0.4, -0.2) is 61.4 Å². The molecule has 8 heteroatoms. The first-order chi connectivity index (χ1) is 9.29. The fourth-order valence-electron chi connectivity index (χ4n) is 2.33. The van der Waals surface area contributed by atoms with Gasteiger partial charge in [-0.2, -0.15) is 13.2 Å². The first-order valence-electron chi connectivity index (χ1n) is 6.72. The SMILES string of the molecule is CCCNC(=O)C1COCCN1C(C(C)N)C(F)(F)F. The van der Waals surface area contributed by atoms with Crippen molar-refractivity contribution in [1.29, 1.82) is 0 Å². The molecule has 20 heavy (non-hydrogen) atoms. The number of rotatable bonds is 5. The molecule has 0 aromatic carbocycles. The lowest BCUT2D eigenvalue weighted by molar-refractivity contribution is -0.205. The van der Waals surface area contributed by atoms with Gasteiger partial charge < -0.3 is 15.8 Å². The molecule has 0 bridgehead atoms. The number of hydrogen-bond donors (Lipinski definition) is 2. The summed E-state index contributed by atoms with van der Waals surface area (Å²) in [6.07, 6.45) is -3.76. The van der Waals surface area contributed by atoms with Crippen molar-refractivity contribution in [1.82, 2.24) is 10.2 Å². The van der Waals surface area contributed by atoms with Crippen LogP contribution < -0.4 is 11.1 Å². The molecule has 0 aliphatic carbocycles. The molecule has 3 unspecified atom stereocenters. The van der Waals surface area contributed by atoms with Gasteiger partial charge >= 0.3 is 6.18 Å². The molecule has 1 aliphatic rings. The van der Waals surface area contributed by atoms with Crippen LogP contribution in [0.3, 0.4) is 0 Å². The van der Waals surface area contributed by atoms with Gasteiger partial charge in [-0.15, -0.1) is 0 Å². The summed E-state index contributed by atoms with van der Waals surface area (Å²) in [7, 11) is 0. The number of alkyl halides is 3. The summed E-state index contributed by atoms with van der Waals surface area (Å²) in [5, 5.41) is 2.61. The van der Waals surface area contributed by atoms with Gasteiger partial charge in [0.05, 0.1) is 13.2 Å². The van der Waals surface area contributed by atoms with Crippen LogP contribution in [0.25, 0.3) is 0 Å². The zero-order valence-electron chi connectivity index (χ0n) is 11.7. The van der Waals surface area contributed by atoms with Crippen LogP contribution in [-0.2, 0) is 9.53 Å². The number of nitrogens with zero attached hydrogens (tertiary/aromatic N) is 1. The van der Waals surface area contributed by atoms with Crippen molar-refractivity contribution in [2.45, 2.75) is 44.6 Å². The molecular weight excluding hydrogens is 275 g/mol. The third kappa shape index (κ3) is 4.32. The Morgan fingerprint density at radius 1 is 1.55 bits per heavy atom. The topological polar surface area (TPSA) is 67.6 Å². The normalized spacial score (nSPS) is 24.2. The summed E-state index contributed by atoms with van der Waals surface area (Å²) < 4.78 is 44.6. The molecule has 3 N–H and O–H groups in total. The quantitative estimate of drug-likeness (QED) is 0.775. The van der Waals surface area contributed by atoms with Crippen LogP contribution in [0.1, 0.15) is 20.3 Å². The highest BCUT2D eigenvalue weighted by atomic mass is 19.4. The Morgan fingerprint density at radius 3 is 2.70 bits per heavy atom. The van der Waals surface area contributed by atoms with Crippen LogP contribution in [0.4, 0.5) is 13.2 Å². The molecule has 1 rings (SSSR count). The van der Waals surface area contributed by atoms with Gasteiger partial charge in [-0.05, 0) is 13.3 Å². The number of morpholine rings is 1. The molecule has 0 spiro atoms. The Morgan fingerprint density at radius 2 is 2.20 bits per heavy atom. The lowest BCUT2D eigenvalue weighted by atomic mass is 10.0. The zero-order chi connectivity index (χ0) is 15.3. The summed E-state index contributed by atoms with van der Waals surface area (Å²) in [5.41, 5.74) is 5.48. The predicted octanol–water partition coefficient (Wildman–Crippen LogP) is 0.492. The van der Waals surface area contributed by atoms with Crippen LogP contribution in [0.15, 0.2) is 0 Å². The fourth-order valence-corrected chi connectivity index (χ4v) is 2.33.